The van der Waals surface area contributed by atoms with Crippen molar-refractivity contribution in [3.63, 3.8) is 0 Å². The van der Waals surface area contributed by atoms with Gasteiger partial charge in [-0.25, -0.2) is 14.4 Å². The average Bonchev–Trinajstić information content (AvgIpc) is 3.49. The number of halogens is 1. The van der Waals surface area contributed by atoms with Crippen LogP contribution in [0.3, 0.4) is 0 Å². The first-order chi connectivity index (χ1) is 23.1. The molecule has 1 saturated heterocycles. The highest BCUT2D eigenvalue weighted by Crippen LogP contribution is 2.33. The zero-order valence-electron chi connectivity index (χ0n) is 27.2. The maximum atomic E-state index is 14.4. The molecule has 0 spiro atoms. The molecule has 10 nitrogen and oxygen atoms in total. The molecule has 2 aromatic heterocycles. The lowest BCUT2D eigenvalue weighted by molar-refractivity contribution is -0.0704. The Bertz CT molecular complexity index is 1770. The molecular weight excluding hydrogens is 633 g/mol. The largest absolute Gasteiger partial charge is 0.508 e. The molecule has 1 aliphatic carbocycles. The number of ether oxygens (including phenoxy) is 2. The minimum absolute atomic E-state index is 0.00406. The first-order valence-corrected chi connectivity index (χ1v) is 17.1. The Hall–Kier alpha value is -4.39. The van der Waals surface area contributed by atoms with Crippen molar-refractivity contribution in [1.82, 2.24) is 25.5 Å². The smallest absolute Gasteiger partial charge is 0.270 e. The number of hydrogen-bond acceptors (Lipinski definition) is 9. The van der Waals surface area contributed by atoms with Gasteiger partial charge in [0.05, 0.1) is 23.4 Å². The number of aromatic nitrogens is 2. The van der Waals surface area contributed by atoms with Gasteiger partial charge in [0.15, 0.2) is 0 Å². The summed E-state index contributed by atoms with van der Waals surface area (Å²) in [5, 5.41) is 18.9. The zero-order valence-corrected chi connectivity index (χ0v) is 28.1. The van der Waals surface area contributed by atoms with Crippen molar-refractivity contribution in [2.24, 2.45) is 0 Å². The highest BCUT2D eigenvalue weighted by Gasteiger charge is 2.27. The van der Waals surface area contributed by atoms with Crippen LogP contribution < -0.4 is 15.4 Å². The highest BCUT2D eigenvalue weighted by atomic mass is 32.1. The number of nitrogens with one attached hydrogen (secondary N) is 2. The molecule has 1 saturated carbocycles. The van der Waals surface area contributed by atoms with Gasteiger partial charge in [-0.15, -0.1) is 11.3 Å². The van der Waals surface area contributed by atoms with E-state index in [1.807, 2.05) is 31.2 Å². The summed E-state index contributed by atoms with van der Waals surface area (Å²) < 4.78 is 26.4. The van der Waals surface area contributed by atoms with E-state index in [1.165, 1.54) is 11.3 Å². The molecule has 2 atom stereocenters. The fourth-order valence-corrected chi connectivity index (χ4v) is 7.12. The summed E-state index contributed by atoms with van der Waals surface area (Å²) in [6.45, 7) is 8.19. The van der Waals surface area contributed by atoms with Gasteiger partial charge >= 0.3 is 0 Å². The van der Waals surface area contributed by atoms with Gasteiger partial charge in [0.25, 0.3) is 11.8 Å². The van der Waals surface area contributed by atoms with Crippen LogP contribution in [0, 0.1) is 12.7 Å². The molecule has 3 N–H and O–H groups in total. The predicted molar refractivity (Wildman–Crippen MR) is 181 cm³/mol. The Morgan fingerprint density at radius 1 is 1.02 bits per heavy atom. The minimum Gasteiger partial charge on any atom is -0.508 e. The Morgan fingerprint density at radius 2 is 1.73 bits per heavy atom. The Kier molecular flexibility index (Phi) is 10.3. The van der Waals surface area contributed by atoms with E-state index in [1.54, 1.807) is 23.6 Å². The first kappa shape index (κ1) is 33.5. The summed E-state index contributed by atoms with van der Waals surface area (Å²) in [7, 11) is 0. The molecule has 4 aromatic rings. The van der Waals surface area contributed by atoms with E-state index in [0.29, 0.717) is 43.7 Å². The van der Waals surface area contributed by atoms with Crippen molar-refractivity contribution in [2.45, 2.75) is 77.3 Å². The van der Waals surface area contributed by atoms with Crippen LogP contribution in [0.5, 0.6) is 17.4 Å². The van der Waals surface area contributed by atoms with Crippen molar-refractivity contribution in [1.29, 1.82) is 0 Å². The van der Waals surface area contributed by atoms with Gasteiger partial charge in [0.2, 0.25) is 5.88 Å². The third-order valence-corrected chi connectivity index (χ3v) is 9.42. The van der Waals surface area contributed by atoms with Gasteiger partial charge < -0.3 is 25.2 Å². The number of aromatic hydroxyl groups is 1. The Morgan fingerprint density at radius 3 is 2.42 bits per heavy atom. The Balaban J connectivity index is 1.12. The van der Waals surface area contributed by atoms with Crippen molar-refractivity contribution in [2.75, 3.05) is 13.1 Å². The third-order valence-electron chi connectivity index (χ3n) is 8.65. The number of carbonyl (C=O) groups excluding carboxylic acids is 2. The summed E-state index contributed by atoms with van der Waals surface area (Å²) in [6, 6.07) is 13.7. The van der Waals surface area contributed by atoms with Crippen molar-refractivity contribution >= 4 is 23.2 Å². The number of rotatable bonds is 9. The average molecular weight is 674 g/mol. The quantitative estimate of drug-likeness (QED) is 0.191. The standard InChI is InChI=1S/C36H40FN5O5S/c1-21-17-42(18-22(2)46-21)19-25-13-29(43)11-12-31(25)24-5-4-6-30(14-24)47-36-32(15-26(37)16-38-36)34(44)40-27-7-9-28(10-8-27)41-35(45)33-20-48-23(3)39-33/h4-6,11-16,20-22,27-28,43H,7-10,17-19H2,1-3H3,(H,40,44)(H,41,45)/t21-,22+,27-,28+. The molecule has 6 rings (SSSR count). The number of phenolic OH excluding ortho intramolecular Hbond substituents is 1. The normalized spacial score (nSPS) is 21.4. The van der Waals surface area contributed by atoms with Gasteiger partial charge in [-0.1, -0.05) is 18.2 Å². The number of benzene rings is 2. The molecule has 0 radical (unpaired) electrons. The topological polar surface area (TPSA) is 126 Å². The lowest BCUT2D eigenvalue weighted by Crippen LogP contribution is -2.44. The van der Waals surface area contributed by atoms with Crippen LogP contribution in [0.2, 0.25) is 0 Å². The van der Waals surface area contributed by atoms with Crippen LogP contribution in [-0.4, -0.2) is 69.2 Å². The van der Waals surface area contributed by atoms with E-state index in [4.69, 9.17) is 9.47 Å². The van der Waals surface area contributed by atoms with Crippen molar-refractivity contribution < 1.29 is 28.6 Å². The number of nitrogens with zero attached hydrogens (tertiary/aromatic N) is 3. The van der Waals surface area contributed by atoms with Crippen LogP contribution in [0.15, 0.2) is 60.1 Å². The molecule has 3 heterocycles. The van der Waals surface area contributed by atoms with Crippen LogP contribution in [0.4, 0.5) is 4.39 Å². The molecule has 48 heavy (non-hydrogen) atoms. The number of amides is 2. The van der Waals surface area contributed by atoms with Crippen LogP contribution >= 0.6 is 11.3 Å². The van der Waals surface area contributed by atoms with E-state index < -0.39 is 11.7 Å². The Labute approximate surface area is 283 Å². The van der Waals surface area contributed by atoms with E-state index >= 15 is 0 Å². The number of aryl methyl sites for hydroxylation is 1. The molecular formula is C36H40FN5O5S. The maximum absolute atomic E-state index is 14.4. The van der Waals surface area contributed by atoms with Gasteiger partial charge in [-0.3, -0.25) is 14.5 Å². The molecule has 0 bridgehead atoms. The predicted octanol–water partition coefficient (Wildman–Crippen LogP) is 6.23. The van der Waals surface area contributed by atoms with Gasteiger partial charge in [0.1, 0.15) is 28.6 Å². The number of carbonyl (C=O) groups is 2. The number of hydrogen-bond donors (Lipinski definition) is 3. The summed E-state index contributed by atoms with van der Waals surface area (Å²) >= 11 is 1.43. The van der Waals surface area contributed by atoms with Gasteiger partial charge in [-0.05, 0) is 93.5 Å². The molecule has 2 aromatic carbocycles. The monoisotopic (exact) mass is 673 g/mol. The summed E-state index contributed by atoms with van der Waals surface area (Å²) in [5.41, 5.74) is 3.17. The SMILES string of the molecule is Cc1nc(C(=O)N[C@H]2CC[C@@H](NC(=O)c3cc(F)cnc3Oc3cccc(-c4ccc(O)cc4CN4C[C@@H](C)O[C@@H](C)C4)c3)CC2)cs1. The number of phenols is 1. The van der Waals surface area contributed by atoms with E-state index in [9.17, 15) is 19.1 Å². The number of morpholine rings is 1. The fraction of sp³-hybridized carbons (Fsp3) is 0.389. The minimum atomic E-state index is -0.648. The van der Waals surface area contributed by atoms with Crippen LogP contribution in [0.1, 0.15) is 70.9 Å². The highest BCUT2D eigenvalue weighted by molar-refractivity contribution is 7.09. The molecule has 2 amide bonds. The molecule has 252 valence electrons. The van der Waals surface area contributed by atoms with E-state index in [2.05, 4.69) is 39.3 Å². The lowest BCUT2D eigenvalue weighted by Gasteiger charge is -2.35. The summed E-state index contributed by atoms with van der Waals surface area (Å²) in [4.78, 5) is 36.6. The van der Waals surface area contributed by atoms with Crippen LogP contribution in [-0.2, 0) is 11.3 Å². The molecule has 1 aliphatic heterocycles. The van der Waals surface area contributed by atoms with E-state index in [-0.39, 0.29) is 47.4 Å². The lowest BCUT2D eigenvalue weighted by atomic mass is 9.91. The molecule has 0 unspecified atom stereocenters. The second kappa shape index (κ2) is 14.8. The summed E-state index contributed by atoms with van der Waals surface area (Å²) in [6.07, 6.45) is 3.96. The number of thiazole rings is 1. The third kappa shape index (κ3) is 8.36. The molecule has 2 aliphatic rings. The maximum Gasteiger partial charge on any atom is 0.270 e. The summed E-state index contributed by atoms with van der Waals surface area (Å²) in [5.74, 6) is -0.705. The second-order valence-corrected chi connectivity index (χ2v) is 13.7. The van der Waals surface area contributed by atoms with Crippen molar-refractivity contribution in [3.05, 3.63) is 87.8 Å². The van der Waals surface area contributed by atoms with E-state index in [0.717, 1.165) is 47.1 Å². The number of pyridine rings is 1. The van der Waals surface area contributed by atoms with Crippen LogP contribution in [0.25, 0.3) is 11.1 Å². The van der Waals surface area contributed by atoms with Gasteiger partial charge in [-0.2, -0.15) is 0 Å². The van der Waals surface area contributed by atoms with Gasteiger partial charge in [0, 0.05) is 37.1 Å². The second-order valence-electron chi connectivity index (χ2n) is 12.7. The van der Waals surface area contributed by atoms with Crippen molar-refractivity contribution in [3.8, 4) is 28.5 Å². The fourth-order valence-electron chi connectivity index (χ4n) is 6.53. The molecule has 2 fully saturated rings. The zero-order chi connectivity index (χ0) is 33.8. The molecule has 12 heteroatoms. The first-order valence-electron chi connectivity index (χ1n) is 16.3.